The van der Waals surface area contributed by atoms with Crippen molar-refractivity contribution in [1.29, 1.82) is 0 Å². The first-order valence-electron chi connectivity index (χ1n) is 5.66. The van der Waals surface area contributed by atoms with Crippen LogP contribution in [0.25, 0.3) is 0 Å². The van der Waals surface area contributed by atoms with Gasteiger partial charge in [0, 0.05) is 16.9 Å². The number of thiazole rings is 1. The molecule has 0 unspecified atom stereocenters. The number of rotatable bonds is 3. The summed E-state index contributed by atoms with van der Waals surface area (Å²) in [5.74, 6) is -0.0599. The number of nitrogens with one attached hydrogen (secondary N) is 1. The minimum Gasteiger partial charge on any atom is -0.347 e. The standard InChI is InChI=1S/C13H20N2OS/c1-9(2)6-11(16)14-7-10-8-17-12(15-10)13(3,4)5/h6,8H,7H2,1-5H3,(H,14,16). The summed E-state index contributed by atoms with van der Waals surface area (Å²) in [4.78, 5) is 15.9. The van der Waals surface area contributed by atoms with Gasteiger partial charge in [0.05, 0.1) is 17.2 Å². The summed E-state index contributed by atoms with van der Waals surface area (Å²) in [6, 6.07) is 0. The van der Waals surface area contributed by atoms with E-state index in [1.807, 2.05) is 19.2 Å². The lowest BCUT2D eigenvalue weighted by Crippen LogP contribution is -2.21. The van der Waals surface area contributed by atoms with E-state index in [9.17, 15) is 4.79 Å². The molecule has 0 saturated heterocycles. The van der Waals surface area contributed by atoms with Crippen LogP contribution in [0.2, 0.25) is 0 Å². The molecule has 4 heteroatoms. The van der Waals surface area contributed by atoms with Crippen LogP contribution in [0.3, 0.4) is 0 Å². The molecule has 0 aromatic carbocycles. The minimum atomic E-state index is -0.0599. The lowest BCUT2D eigenvalue weighted by molar-refractivity contribution is -0.116. The van der Waals surface area contributed by atoms with E-state index in [2.05, 4.69) is 31.1 Å². The van der Waals surface area contributed by atoms with Crippen molar-refractivity contribution in [3.8, 4) is 0 Å². The monoisotopic (exact) mass is 252 g/mol. The summed E-state index contributed by atoms with van der Waals surface area (Å²) in [6.45, 7) is 10.7. The number of hydrogen-bond donors (Lipinski definition) is 1. The molecule has 0 saturated carbocycles. The molecule has 1 heterocycles. The van der Waals surface area contributed by atoms with Crippen molar-refractivity contribution in [2.24, 2.45) is 0 Å². The van der Waals surface area contributed by atoms with Gasteiger partial charge >= 0.3 is 0 Å². The Morgan fingerprint density at radius 1 is 1.47 bits per heavy atom. The first kappa shape index (κ1) is 13.9. The topological polar surface area (TPSA) is 42.0 Å². The van der Waals surface area contributed by atoms with E-state index < -0.39 is 0 Å². The third-order valence-corrected chi connectivity index (χ3v) is 3.37. The molecule has 1 aromatic heterocycles. The largest absolute Gasteiger partial charge is 0.347 e. The first-order chi connectivity index (χ1) is 7.79. The predicted molar refractivity (Wildman–Crippen MR) is 72.1 cm³/mol. The van der Waals surface area contributed by atoms with Gasteiger partial charge in [0.15, 0.2) is 0 Å². The van der Waals surface area contributed by atoms with Crippen molar-refractivity contribution < 1.29 is 4.79 Å². The molecule has 0 bridgehead atoms. The van der Waals surface area contributed by atoms with Crippen LogP contribution in [0.1, 0.15) is 45.3 Å². The number of carbonyl (C=O) groups is 1. The molecular weight excluding hydrogens is 232 g/mol. The van der Waals surface area contributed by atoms with E-state index in [-0.39, 0.29) is 11.3 Å². The van der Waals surface area contributed by atoms with Crippen LogP contribution in [0.15, 0.2) is 17.0 Å². The van der Waals surface area contributed by atoms with Crippen molar-refractivity contribution >= 4 is 17.2 Å². The van der Waals surface area contributed by atoms with E-state index >= 15 is 0 Å². The molecule has 0 radical (unpaired) electrons. The molecule has 0 fully saturated rings. The maximum atomic E-state index is 11.4. The summed E-state index contributed by atoms with van der Waals surface area (Å²) in [5, 5.41) is 5.93. The quantitative estimate of drug-likeness (QED) is 0.840. The second kappa shape index (κ2) is 5.45. The molecule has 0 aliphatic heterocycles. The van der Waals surface area contributed by atoms with Crippen LogP contribution in [0.5, 0.6) is 0 Å². The molecular formula is C13H20N2OS. The van der Waals surface area contributed by atoms with E-state index in [0.29, 0.717) is 6.54 Å². The van der Waals surface area contributed by atoms with E-state index in [1.54, 1.807) is 17.4 Å². The number of aromatic nitrogens is 1. The van der Waals surface area contributed by atoms with Crippen LogP contribution in [-0.2, 0) is 16.8 Å². The van der Waals surface area contributed by atoms with Crippen LogP contribution in [0.4, 0.5) is 0 Å². The van der Waals surface area contributed by atoms with Gasteiger partial charge in [-0.25, -0.2) is 4.98 Å². The highest BCUT2D eigenvalue weighted by Crippen LogP contribution is 2.25. The molecule has 1 aromatic rings. The zero-order valence-corrected chi connectivity index (χ0v) is 11.9. The average Bonchev–Trinajstić information content (AvgIpc) is 2.61. The minimum absolute atomic E-state index is 0.0599. The maximum Gasteiger partial charge on any atom is 0.244 e. The fourth-order valence-electron chi connectivity index (χ4n) is 1.22. The number of allylic oxidation sites excluding steroid dienone is 1. The van der Waals surface area contributed by atoms with E-state index in [0.717, 1.165) is 16.3 Å². The molecule has 17 heavy (non-hydrogen) atoms. The maximum absolute atomic E-state index is 11.4. The fraction of sp³-hybridized carbons (Fsp3) is 0.538. The zero-order chi connectivity index (χ0) is 13.1. The van der Waals surface area contributed by atoms with Gasteiger partial charge in [-0.05, 0) is 13.8 Å². The van der Waals surface area contributed by atoms with Crippen LogP contribution in [-0.4, -0.2) is 10.9 Å². The molecule has 0 atom stereocenters. The highest BCUT2D eigenvalue weighted by Gasteiger charge is 2.17. The Morgan fingerprint density at radius 2 is 2.12 bits per heavy atom. The van der Waals surface area contributed by atoms with Gasteiger partial charge in [-0.1, -0.05) is 26.3 Å². The van der Waals surface area contributed by atoms with E-state index in [1.165, 1.54) is 0 Å². The molecule has 3 nitrogen and oxygen atoms in total. The average molecular weight is 252 g/mol. The van der Waals surface area contributed by atoms with Crippen LogP contribution >= 0.6 is 11.3 Å². The van der Waals surface area contributed by atoms with Gasteiger partial charge in [-0.15, -0.1) is 11.3 Å². The molecule has 1 amide bonds. The SMILES string of the molecule is CC(C)=CC(=O)NCc1csc(C(C)(C)C)n1. The highest BCUT2D eigenvalue weighted by atomic mass is 32.1. The van der Waals surface area contributed by atoms with Crippen molar-refractivity contribution in [2.45, 2.75) is 46.6 Å². The third-order valence-electron chi connectivity index (χ3n) is 2.06. The summed E-state index contributed by atoms with van der Waals surface area (Å²) in [5.41, 5.74) is 2.00. The van der Waals surface area contributed by atoms with Crippen LogP contribution in [0, 0.1) is 0 Å². The van der Waals surface area contributed by atoms with Crippen LogP contribution < -0.4 is 5.32 Å². The summed E-state index contributed by atoms with van der Waals surface area (Å²) < 4.78 is 0. The summed E-state index contributed by atoms with van der Waals surface area (Å²) >= 11 is 1.64. The molecule has 1 rings (SSSR count). The molecule has 0 spiro atoms. The highest BCUT2D eigenvalue weighted by molar-refractivity contribution is 7.09. The van der Waals surface area contributed by atoms with E-state index in [4.69, 9.17) is 0 Å². The first-order valence-corrected chi connectivity index (χ1v) is 6.54. The smallest absolute Gasteiger partial charge is 0.244 e. The van der Waals surface area contributed by atoms with Gasteiger partial charge in [0.25, 0.3) is 0 Å². The summed E-state index contributed by atoms with van der Waals surface area (Å²) in [7, 11) is 0. The molecule has 1 N–H and O–H groups in total. The van der Waals surface area contributed by atoms with Gasteiger partial charge in [0.1, 0.15) is 0 Å². The normalized spacial score (nSPS) is 11.1. The number of amides is 1. The molecule has 0 aliphatic rings. The van der Waals surface area contributed by atoms with Gasteiger partial charge < -0.3 is 5.32 Å². The third kappa shape index (κ3) is 4.69. The Bertz CT molecular complexity index is 423. The summed E-state index contributed by atoms with van der Waals surface area (Å²) in [6.07, 6.45) is 1.59. The molecule has 94 valence electrons. The Hall–Kier alpha value is -1.16. The zero-order valence-electron chi connectivity index (χ0n) is 11.1. The van der Waals surface area contributed by atoms with Crippen molar-refractivity contribution in [2.75, 3.05) is 0 Å². The Balaban J connectivity index is 2.57. The Labute approximate surface area is 107 Å². The number of carbonyl (C=O) groups excluding carboxylic acids is 1. The number of hydrogen-bond acceptors (Lipinski definition) is 3. The van der Waals surface area contributed by atoms with Gasteiger partial charge in [-0.2, -0.15) is 0 Å². The lowest BCUT2D eigenvalue weighted by atomic mass is 9.98. The Kier molecular flexibility index (Phi) is 4.46. The van der Waals surface area contributed by atoms with Crippen molar-refractivity contribution in [1.82, 2.24) is 10.3 Å². The predicted octanol–water partition coefficient (Wildman–Crippen LogP) is 3.02. The number of nitrogens with zero attached hydrogens (tertiary/aromatic N) is 1. The fourth-order valence-corrected chi connectivity index (χ4v) is 2.13. The van der Waals surface area contributed by atoms with Crippen molar-refractivity contribution in [3.63, 3.8) is 0 Å². The second-order valence-corrected chi connectivity index (χ2v) is 6.19. The lowest BCUT2D eigenvalue weighted by Gasteiger charge is -2.13. The van der Waals surface area contributed by atoms with Gasteiger partial charge in [-0.3, -0.25) is 4.79 Å². The second-order valence-electron chi connectivity index (χ2n) is 5.33. The Morgan fingerprint density at radius 3 is 2.59 bits per heavy atom. The van der Waals surface area contributed by atoms with Gasteiger partial charge in [0.2, 0.25) is 5.91 Å². The molecule has 0 aliphatic carbocycles. The van der Waals surface area contributed by atoms with Crippen molar-refractivity contribution in [3.05, 3.63) is 27.7 Å².